The molecule has 2 rings (SSSR count). The third-order valence-corrected chi connectivity index (χ3v) is 4.51. The zero-order valence-corrected chi connectivity index (χ0v) is 15.0. The number of primary amides is 1. The van der Waals surface area contributed by atoms with Crippen LogP contribution in [0.3, 0.4) is 0 Å². The molecule has 2 amide bonds. The monoisotopic (exact) mass is 338 g/mol. The third-order valence-electron chi connectivity index (χ3n) is 4.51. The minimum atomic E-state index is -0.910. The Balaban J connectivity index is 2.42. The molecule has 2 aromatic carbocycles. The number of hydrogen-bond donors (Lipinski definition) is 2. The minimum absolute atomic E-state index is 0.227. The third kappa shape index (κ3) is 4.27. The second-order valence-electron chi connectivity index (χ2n) is 6.92. The highest BCUT2D eigenvalue weighted by Crippen LogP contribution is 2.32. The molecular formula is C21H26N2O2. The van der Waals surface area contributed by atoms with Crippen molar-refractivity contribution < 1.29 is 9.59 Å². The van der Waals surface area contributed by atoms with Crippen LogP contribution in [-0.4, -0.2) is 17.9 Å². The normalized spacial score (nSPS) is 12.6. The first kappa shape index (κ1) is 18.7. The lowest BCUT2D eigenvalue weighted by atomic mass is 9.75. The number of hydrogen-bond acceptors (Lipinski definition) is 2. The molecule has 0 bridgehead atoms. The van der Waals surface area contributed by atoms with Crippen molar-refractivity contribution in [3.63, 3.8) is 0 Å². The topological polar surface area (TPSA) is 72.2 Å². The zero-order valence-electron chi connectivity index (χ0n) is 15.0. The summed E-state index contributed by atoms with van der Waals surface area (Å²) in [6.07, 6.45) is 0.515. The van der Waals surface area contributed by atoms with E-state index in [0.29, 0.717) is 6.42 Å². The molecule has 0 aliphatic heterocycles. The average Bonchev–Trinajstić information content (AvgIpc) is 2.61. The summed E-state index contributed by atoms with van der Waals surface area (Å²) in [5, 5.41) is 2.87. The van der Waals surface area contributed by atoms with Gasteiger partial charge < -0.3 is 11.1 Å². The van der Waals surface area contributed by atoms with E-state index in [1.807, 2.05) is 81.4 Å². The van der Waals surface area contributed by atoms with Gasteiger partial charge in [0, 0.05) is 0 Å². The highest BCUT2D eigenvalue weighted by atomic mass is 16.2. The predicted octanol–water partition coefficient (Wildman–Crippen LogP) is 3.01. The first-order valence-electron chi connectivity index (χ1n) is 8.57. The van der Waals surface area contributed by atoms with E-state index in [-0.39, 0.29) is 11.8 Å². The molecule has 4 heteroatoms. The average molecular weight is 338 g/mol. The standard InChI is InChI=1S/C21H26N2O2/c1-15(2)14-18(19(22)24)23-20(25)21(3,16-10-6-4-7-11-16)17-12-8-5-9-13-17/h4-13,15,18H,14H2,1-3H3,(H2,22,24)(H,23,25)/t18-/m1/s1. The number of rotatable bonds is 7. The summed E-state index contributed by atoms with van der Waals surface area (Å²) in [6, 6.07) is 18.5. The number of benzene rings is 2. The van der Waals surface area contributed by atoms with Crippen LogP contribution in [0.4, 0.5) is 0 Å². The highest BCUT2D eigenvalue weighted by Gasteiger charge is 2.38. The van der Waals surface area contributed by atoms with E-state index in [9.17, 15) is 9.59 Å². The number of carbonyl (C=O) groups is 2. The number of carbonyl (C=O) groups excluding carboxylic acids is 2. The van der Waals surface area contributed by atoms with E-state index >= 15 is 0 Å². The van der Waals surface area contributed by atoms with Gasteiger partial charge in [0.15, 0.2) is 0 Å². The van der Waals surface area contributed by atoms with Gasteiger partial charge in [-0.1, -0.05) is 74.5 Å². The van der Waals surface area contributed by atoms with Gasteiger partial charge in [-0.05, 0) is 30.4 Å². The summed E-state index contributed by atoms with van der Waals surface area (Å²) in [7, 11) is 0. The molecule has 0 aliphatic rings. The largest absolute Gasteiger partial charge is 0.368 e. The molecule has 0 saturated heterocycles. The Hall–Kier alpha value is -2.62. The molecule has 0 radical (unpaired) electrons. The molecule has 0 heterocycles. The number of amides is 2. The van der Waals surface area contributed by atoms with Crippen molar-refractivity contribution >= 4 is 11.8 Å². The van der Waals surface area contributed by atoms with Crippen LogP contribution in [0, 0.1) is 5.92 Å². The molecule has 0 fully saturated rings. The maximum Gasteiger partial charge on any atom is 0.240 e. The Labute approximate surface area is 149 Å². The molecule has 2 aromatic rings. The molecule has 132 valence electrons. The van der Waals surface area contributed by atoms with Crippen LogP contribution in [0.25, 0.3) is 0 Å². The summed E-state index contributed by atoms with van der Waals surface area (Å²) in [5.74, 6) is -0.489. The smallest absolute Gasteiger partial charge is 0.240 e. The summed E-state index contributed by atoms with van der Waals surface area (Å²) in [4.78, 5) is 25.0. The van der Waals surface area contributed by atoms with Crippen LogP contribution >= 0.6 is 0 Å². The summed E-state index contributed by atoms with van der Waals surface area (Å²) >= 11 is 0. The van der Waals surface area contributed by atoms with E-state index in [1.54, 1.807) is 0 Å². The van der Waals surface area contributed by atoms with E-state index < -0.39 is 17.4 Å². The molecule has 25 heavy (non-hydrogen) atoms. The second-order valence-corrected chi connectivity index (χ2v) is 6.92. The van der Waals surface area contributed by atoms with Gasteiger partial charge in [0.2, 0.25) is 11.8 Å². The van der Waals surface area contributed by atoms with E-state index in [2.05, 4.69) is 5.32 Å². The fraction of sp³-hybridized carbons (Fsp3) is 0.333. The number of nitrogens with two attached hydrogens (primary N) is 1. The van der Waals surface area contributed by atoms with Crippen LogP contribution in [-0.2, 0) is 15.0 Å². The van der Waals surface area contributed by atoms with Crippen LogP contribution in [0.15, 0.2) is 60.7 Å². The Kier molecular flexibility index (Phi) is 5.97. The quantitative estimate of drug-likeness (QED) is 0.814. The van der Waals surface area contributed by atoms with E-state index in [0.717, 1.165) is 11.1 Å². The zero-order chi connectivity index (χ0) is 18.4. The Morgan fingerprint density at radius 1 is 0.960 bits per heavy atom. The lowest BCUT2D eigenvalue weighted by Crippen LogP contribution is -2.52. The highest BCUT2D eigenvalue weighted by molar-refractivity contribution is 5.95. The molecule has 0 aliphatic carbocycles. The lowest BCUT2D eigenvalue weighted by Gasteiger charge is -2.31. The fourth-order valence-electron chi connectivity index (χ4n) is 2.99. The van der Waals surface area contributed by atoms with E-state index in [1.165, 1.54) is 0 Å². The van der Waals surface area contributed by atoms with Gasteiger partial charge in [-0.3, -0.25) is 9.59 Å². The molecular weight excluding hydrogens is 312 g/mol. The van der Waals surface area contributed by atoms with Crippen LogP contribution < -0.4 is 11.1 Å². The van der Waals surface area contributed by atoms with Crippen molar-refractivity contribution in [1.82, 2.24) is 5.32 Å². The van der Waals surface area contributed by atoms with Gasteiger partial charge in [0.25, 0.3) is 0 Å². The SMILES string of the molecule is CC(C)C[C@@H](NC(=O)C(C)(c1ccccc1)c1ccccc1)C(N)=O. The Bertz CT molecular complexity index is 672. The van der Waals surface area contributed by atoms with Gasteiger partial charge >= 0.3 is 0 Å². The Morgan fingerprint density at radius 2 is 1.40 bits per heavy atom. The maximum absolute atomic E-state index is 13.2. The summed E-state index contributed by atoms with van der Waals surface area (Å²) in [6.45, 7) is 5.87. The molecule has 0 aromatic heterocycles. The fourth-order valence-corrected chi connectivity index (χ4v) is 2.99. The first-order chi connectivity index (χ1) is 11.9. The van der Waals surface area contributed by atoms with Crippen molar-refractivity contribution in [1.29, 1.82) is 0 Å². The van der Waals surface area contributed by atoms with Crippen molar-refractivity contribution in [2.75, 3.05) is 0 Å². The van der Waals surface area contributed by atoms with Gasteiger partial charge in [0.1, 0.15) is 6.04 Å². The van der Waals surface area contributed by atoms with Gasteiger partial charge in [-0.15, -0.1) is 0 Å². The summed E-state index contributed by atoms with van der Waals surface area (Å²) in [5.41, 5.74) is 6.32. The van der Waals surface area contributed by atoms with Gasteiger partial charge in [-0.25, -0.2) is 0 Å². The van der Waals surface area contributed by atoms with Crippen molar-refractivity contribution in [3.05, 3.63) is 71.8 Å². The minimum Gasteiger partial charge on any atom is -0.368 e. The molecule has 4 nitrogen and oxygen atoms in total. The second kappa shape index (κ2) is 7.97. The van der Waals surface area contributed by atoms with Crippen molar-refractivity contribution in [3.8, 4) is 0 Å². The van der Waals surface area contributed by atoms with Crippen molar-refractivity contribution in [2.24, 2.45) is 11.7 Å². The van der Waals surface area contributed by atoms with Crippen LogP contribution in [0.1, 0.15) is 38.3 Å². The summed E-state index contributed by atoms with van der Waals surface area (Å²) < 4.78 is 0. The maximum atomic E-state index is 13.2. The first-order valence-corrected chi connectivity index (χ1v) is 8.57. The van der Waals surface area contributed by atoms with Gasteiger partial charge in [-0.2, -0.15) is 0 Å². The molecule has 0 saturated carbocycles. The number of nitrogens with one attached hydrogen (secondary N) is 1. The molecule has 1 atom stereocenters. The van der Waals surface area contributed by atoms with Crippen molar-refractivity contribution in [2.45, 2.75) is 38.6 Å². The van der Waals surface area contributed by atoms with Crippen LogP contribution in [0.5, 0.6) is 0 Å². The molecule has 3 N–H and O–H groups in total. The Morgan fingerprint density at radius 3 is 1.76 bits per heavy atom. The lowest BCUT2D eigenvalue weighted by molar-refractivity contribution is -0.130. The predicted molar refractivity (Wildman–Crippen MR) is 99.9 cm³/mol. The molecule has 0 spiro atoms. The van der Waals surface area contributed by atoms with Crippen LogP contribution in [0.2, 0.25) is 0 Å². The molecule has 0 unspecified atom stereocenters. The van der Waals surface area contributed by atoms with Gasteiger partial charge in [0.05, 0.1) is 5.41 Å². The van der Waals surface area contributed by atoms with E-state index in [4.69, 9.17) is 5.73 Å².